The number of fused-ring (bicyclic) bond motifs is 2. The largest absolute Gasteiger partial charge is 0.457 e. The van der Waals surface area contributed by atoms with Crippen LogP contribution in [0.3, 0.4) is 0 Å². The number of nitrogens with one attached hydrogen (secondary N) is 1. The number of hydrogen-bond donors (Lipinski definition) is 1. The van der Waals surface area contributed by atoms with Crippen molar-refractivity contribution >= 4 is 12.0 Å². The number of ether oxygens (including phenoxy) is 1. The summed E-state index contributed by atoms with van der Waals surface area (Å²) in [5.41, 5.74) is 0.981. The van der Waals surface area contributed by atoms with Gasteiger partial charge in [0.2, 0.25) is 5.91 Å². The molecular weight excluding hydrogens is 336 g/mol. The van der Waals surface area contributed by atoms with Crippen LogP contribution in [0.25, 0.3) is 6.08 Å². The van der Waals surface area contributed by atoms with E-state index in [9.17, 15) is 4.79 Å². The Morgan fingerprint density at radius 3 is 2.30 bits per heavy atom. The first-order valence-electron chi connectivity index (χ1n) is 9.71. The smallest absolute Gasteiger partial charge is 0.244 e. The lowest BCUT2D eigenvalue weighted by molar-refractivity contribution is -0.117. The van der Waals surface area contributed by atoms with E-state index in [-0.39, 0.29) is 5.91 Å². The highest BCUT2D eigenvalue weighted by molar-refractivity contribution is 5.91. The predicted molar refractivity (Wildman–Crippen MR) is 108 cm³/mol. The molecule has 0 aliphatic carbocycles. The highest BCUT2D eigenvalue weighted by Crippen LogP contribution is 2.34. The van der Waals surface area contributed by atoms with Gasteiger partial charge in [0.15, 0.2) is 0 Å². The van der Waals surface area contributed by atoms with Crippen LogP contribution in [-0.2, 0) is 4.79 Å². The van der Waals surface area contributed by atoms with E-state index in [0.717, 1.165) is 29.9 Å². The van der Waals surface area contributed by atoms with Gasteiger partial charge in [-0.25, -0.2) is 0 Å². The van der Waals surface area contributed by atoms with E-state index in [1.807, 2.05) is 60.7 Å². The first-order chi connectivity index (χ1) is 13.2. The van der Waals surface area contributed by atoms with Crippen molar-refractivity contribution in [3.63, 3.8) is 0 Å². The zero-order valence-corrected chi connectivity index (χ0v) is 15.7. The Balaban J connectivity index is 1.29. The summed E-state index contributed by atoms with van der Waals surface area (Å²) in [6.07, 6.45) is 8.15. The Hall–Kier alpha value is -2.59. The van der Waals surface area contributed by atoms with Gasteiger partial charge in [0.25, 0.3) is 0 Å². The molecule has 2 fully saturated rings. The second kappa shape index (κ2) is 7.97. The second-order valence-corrected chi connectivity index (χ2v) is 7.54. The summed E-state index contributed by atoms with van der Waals surface area (Å²) in [6.45, 7) is 0. The summed E-state index contributed by atoms with van der Waals surface area (Å²) in [5, 5.41) is 3.18. The molecule has 4 rings (SSSR count). The van der Waals surface area contributed by atoms with Gasteiger partial charge in [0.05, 0.1) is 0 Å². The fraction of sp³-hybridized carbons (Fsp3) is 0.348. The van der Waals surface area contributed by atoms with Crippen molar-refractivity contribution in [3.8, 4) is 11.5 Å². The molecule has 2 unspecified atom stereocenters. The highest BCUT2D eigenvalue weighted by atomic mass is 16.5. The maximum atomic E-state index is 12.3. The molecule has 2 aliphatic rings. The van der Waals surface area contributed by atoms with Crippen molar-refractivity contribution in [1.82, 2.24) is 10.2 Å². The Labute approximate surface area is 160 Å². The van der Waals surface area contributed by atoms with E-state index in [1.54, 1.807) is 6.08 Å². The average molecular weight is 362 g/mol. The Bertz CT molecular complexity index is 787. The van der Waals surface area contributed by atoms with Crippen molar-refractivity contribution in [2.45, 2.75) is 43.8 Å². The molecule has 0 aromatic heterocycles. The number of hydrogen-bond acceptors (Lipinski definition) is 3. The maximum absolute atomic E-state index is 12.3. The fourth-order valence-corrected chi connectivity index (χ4v) is 4.22. The first-order valence-corrected chi connectivity index (χ1v) is 9.71. The first kappa shape index (κ1) is 17.8. The minimum Gasteiger partial charge on any atom is -0.457 e. The van der Waals surface area contributed by atoms with Gasteiger partial charge < -0.3 is 15.0 Å². The van der Waals surface area contributed by atoms with Crippen molar-refractivity contribution < 1.29 is 9.53 Å². The number of carbonyl (C=O) groups excluding carboxylic acids is 1. The van der Waals surface area contributed by atoms with Crippen LogP contribution >= 0.6 is 0 Å². The van der Waals surface area contributed by atoms with Gasteiger partial charge in [0.1, 0.15) is 11.5 Å². The van der Waals surface area contributed by atoms with Crippen LogP contribution in [0, 0.1) is 0 Å². The molecule has 0 radical (unpaired) electrons. The number of nitrogens with zero attached hydrogens (tertiary/aromatic N) is 1. The lowest BCUT2D eigenvalue weighted by Crippen LogP contribution is -2.48. The monoisotopic (exact) mass is 362 g/mol. The van der Waals surface area contributed by atoms with Gasteiger partial charge in [0, 0.05) is 24.2 Å². The standard InChI is InChI=1S/C23H26N2O2/c1-25-19-10-11-20(25)16-18(15-19)24-23(26)14-9-17-7-12-22(13-8-17)27-21-5-3-2-4-6-21/h2-9,12-14,18-20H,10-11,15-16H2,1H3,(H,24,26)/b14-9+. The molecule has 2 atom stereocenters. The Morgan fingerprint density at radius 2 is 1.63 bits per heavy atom. The van der Waals surface area contributed by atoms with E-state index in [1.165, 1.54) is 12.8 Å². The zero-order valence-electron chi connectivity index (χ0n) is 15.7. The molecule has 2 bridgehead atoms. The van der Waals surface area contributed by atoms with Gasteiger partial charge >= 0.3 is 0 Å². The van der Waals surface area contributed by atoms with Gasteiger partial charge in [-0.15, -0.1) is 0 Å². The van der Waals surface area contributed by atoms with E-state index >= 15 is 0 Å². The number of amides is 1. The third-order valence-electron chi connectivity index (χ3n) is 5.73. The summed E-state index contributed by atoms with van der Waals surface area (Å²) >= 11 is 0. The molecule has 2 heterocycles. The number of benzene rings is 2. The molecule has 2 saturated heterocycles. The minimum absolute atomic E-state index is 0.00596. The van der Waals surface area contributed by atoms with Crippen molar-refractivity contribution in [1.29, 1.82) is 0 Å². The molecule has 1 amide bonds. The lowest BCUT2D eigenvalue weighted by atomic mass is 9.98. The third-order valence-corrected chi connectivity index (χ3v) is 5.73. The van der Waals surface area contributed by atoms with Gasteiger partial charge in [-0.05, 0) is 68.6 Å². The molecule has 0 saturated carbocycles. The van der Waals surface area contributed by atoms with Gasteiger partial charge in [-0.3, -0.25) is 4.79 Å². The number of piperidine rings is 1. The van der Waals surface area contributed by atoms with Crippen LogP contribution in [0.4, 0.5) is 0 Å². The summed E-state index contributed by atoms with van der Waals surface area (Å²) in [7, 11) is 2.21. The molecule has 27 heavy (non-hydrogen) atoms. The van der Waals surface area contributed by atoms with Crippen LogP contribution in [0.1, 0.15) is 31.2 Å². The molecule has 4 nitrogen and oxygen atoms in total. The van der Waals surface area contributed by atoms with Crippen LogP contribution < -0.4 is 10.1 Å². The van der Waals surface area contributed by atoms with Crippen molar-refractivity contribution in [2.24, 2.45) is 0 Å². The maximum Gasteiger partial charge on any atom is 0.244 e. The molecule has 0 spiro atoms. The van der Waals surface area contributed by atoms with Gasteiger partial charge in [-0.2, -0.15) is 0 Å². The normalized spacial score (nSPS) is 24.9. The molecule has 4 heteroatoms. The quantitative estimate of drug-likeness (QED) is 0.809. The number of para-hydroxylation sites is 1. The van der Waals surface area contributed by atoms with Crippen LogP contribution in [0.15, 0.2) is 60.7 Å². The Kier molecular flexibility index (Phi) is 5.26. The number of rotatable bonds is 5. The molecular formula is C23H26N2O2. The summed E-state index contributed by atoms with van der Waals surface area (Å²) < 4.78 is 5.79. The van der Waals surface area contributed by atoms with Crippen LogP contribution in [0.5, 0.6) is 11.5 Å². The summed E-state index contributed by atoms with van der Waals surface area (Å²) in [6, 6.07) is 19.0. The van der Waals surface area contributed by atoms with Crippen molar-refractivity contribution in [3.05, 3.63) is 66.2 Å². The molecule has 2 aromatic rings. The molecule has 140 valence electrons. The SMILES string of the molecule is CN1C2CCC1CC(NC(=O)/C=C/c1ccc(Oc3ccccc3)cc1)C2. The minimum atomic E-state index is -0.00596. The number of carbonyl (C=O) groups is 1. The van der Waals surface area contributed by atoms with E-state index in [2.05, 4.69) is 17.3 Å². The van der Waals surface area contributed by atoms with Crippen molar-refractivity contribution in [2.75, 3.05) is 7.05 Å². The summed E-state index contributed by atoms with van der Waals surface area (Å²) in [4.78, 5) is 14.8. The Morgan fingerprint density at radius 1 is 1.00 bits per heavy atom. The second-order valence-electron chi connectivity index (χ2n) is 7.54. The molecule has 1 N–H and O–H groups in total. The van der Waals surface area contributed by atoms with E-state index in [0.29, 0.717) is 18.1 Å². The topological polar surface area (TPSA) is 41.6 Å². The predicted octanol–water partition coefficient (Wildman–Crippen LogP) is 4.23. The lowest BCUT2D eigenvalue weighted by Gasteiger charge is -2.36. The fourth-order valence-electron chi connectivity index (χ4n) is 4.22. The van der Waals surface area contributed by atoms with Crippen LogP contribution in [-0.4, -0.2) is 36.0 Å². The van der Waals surface area contributed by atoms with E-state index < -0.39 is 0 Å². The molecule has 2 aliphatic heterocycles. The highest BCUT2D eigenvalue weighted by Gasteiger charge is 2.38. The van der Waals surface area contributed by atoms with Crippen LogP contribution in [0.2, 0.25) is 0 Å². The molecule has 2 aromatic carbocycles. The average Bonchev–Trinajstić information content (AvgIpc) is 2.89. The van der Waals surface area contributed by atoms with E-state index in [4.69, 9.17) is 4.74 Å². The zero-order chi connectivity index (χ0) is 18.6. The summed E-state index contributed by atoms with van der Waals surface area (Å²) in [5.74, 6) is 1.59. The third kappa shape index (κ3) is 4.40. The van der Waals surface area contributed by atoms with Gasteiger partial charge in [-0.1, -0.05) is 30.3 Å².